The Kier molecular flexibility index (Phi) is 4.32. The predicted molar refractivity (Wildman–Crippen MR) is 81.3 cm³/mol. The van der Waals surface area contributed by atoms with Crippen LogP contribution in [0, 0.1) is 0 Å². The predicted octanol–water partition coefficient (Wildman–Crippen LogP) is 3.19. The van der Waals surface area contributed by atoms with Gasteiger partial charge in [0.15, 0.2) is 0 Å². The molecule has 0 bridgehead atoms. The van der Waals surface area contributed by atoms with E-state index in [9.17, 15) is 4.79 Å². The second-order valence-corrected chi connectivity index (χ2v) is 6.37. The van der Waals surface area contributed by atoms with Crippen LogP contribution in [0.5, 0.6) is 0 Å². The Morgan fingerprint density at radius 3 is 2.75 bits per heavy atom. The quantitative estimate of drug-likeness (QED) is 0.784. The van der Waals surface area contributed by atoms with Gasteiger partial charge in [-0.2, -0.15) is 0 Å². The SMILES string of the molecule is CSc1ccc(C(=O)N2CCOC3CCCCC32)cc1. The highest BCUT2D eigenvalue weighted by molar-refractivity contribution is 7.98. The van der Waals surface area contributed by atoms with Gasteiger partial charge >= 0.3 is 0 Å². The van der Waals surface area contributed by atoms with Gasteiger partial charge in [-0.1, -0.05) is 12.8 Å². The largest absolute Gasteiger partial charge is 0.374 e. The third-order valence-corrected chi connectivity index (χ3v) is 5.07. The number of nitrogens with zero attached hydrogens (tertiary/aromatic N) is 1. The molecule has 2 unspecified atom stereocenters. The minimum atomic E-state index is 0.165. The van der Waals surface area contributed by atoms with Crippen LogP contribution in [0.3, 0.4) is 0 Å². The van der Waals surface area contributed by atoms with Crippen LogP contribution in [0.2, 0.25) is 0 Å². The smallest absolute Gasteiger partial charge is 0.254 e. The van der Waals surface area contributed by atoms with Crippen molar-refractivity contribution in [3.8, 4) is 0 Å². The third-order valence-electron chi connectivity index (χ3n) is 4.33. The molecular weight excluding hydrogens is 270 g/mol. The Hall–Kier alpha value is -1.00. The zero-order valence-corrected chi connectivity index (χ0v) is 12.7. The molecule has 3 rings (SSSR count). The first kappa shape index (κ1) is 14.0. The molecule has 1 saturated heterocycles. The summed E-state index contributed by atoms with van der Waals surface area (Å²) in [6, 6.07) is 8.22. The van der Waals surface area contributed by atoms with Crippen LogP contribution in [0.25, 0.3) is 0 Å². The second kappa shape index (κ2) is 6.19. The minimum Gasteiger partial charge on any atom is -0.374 e. The number of ether oxygens (including phenoxy) is 1. The summed E-state index contributed by atoms with van der Waals surface area (Å²) in [6.07, 6.45) is 6.92. The first-order chi connectivity index (χ1) is 9.79. The molecule has 1 aliphatic carbocycles. The number of rotatable bonds is 2. The van der Waals surface area contributed by atoms with Crippen molar-refractivity contribution in [2.45, 2.75) is 42.7 Å². The lowest BCUT2D eigenvalue weighted by molar-refractivity contribution is -0.0752. The van der Waals surface area contributed by atoms with Crippen LogP contribution in [0.1, 0.15) is 36.0 Å². The van der Waals surface area contributed by atoms with Crippen LogP contribution >= 0.6 is 11.8 Å². The number of hydrogen-bond acceptors (Lipinski definition) is 3. The summed E-state index contributed by atoms with van der Waals surface area (Å²) in [5.41, 5.74) is 0.800. The standard InChI is InChI=1S/C16H21NO2S/c1-20-13-8-6-12(7-9-13)16(18)17-10-11-19-15-5-3-2-4-14(15)17/h6-9,14-15H,2-5,10-11H2,1H3. The summed E-state index contributed by atoms with van der Waals surface area (Å²) >= 11 is 1.70. The molecule has 2 fully saturated rings. The summed E-state index contributed by atoms with van der Waals surface area (Å²) < 4.78 is 5.84. The molecule has 0 aromatic heterocycles. The van der Waals surface area contributed by atoms with E-state index in [1.807, 2.05) is 35.4 Å². The van der Waals surface area contributed by atoms with Crippen molar-refractivity contribution in [1.82, 2.24) is 4.90 Å². The number of fused-ring (bicyclic) bond motifs is 1. The van der Waals surface area contributed by atoms with E-state index in [1.165, 1.54) is 17.7 Å². The molecule has 1 saturated carbocycles. The van der Waals surface area contributed by atoms with Crippen molar-refractivity contribution < 1.29 is 9.53 Å². The van der Waals surface area contributed by atoms with Gasteiger partial charge in [0.2, 0.25) is 0 Å². The van der Waals surface area contributed by atoms with Crippen LogP contribution in [0.4, 0.5) is 0 Å². The van der Waals surface area contributed by atoms with Gasteiger partial charge in [-0.3, -0.25) is 4.79 Å². The number of carbonyl (C=O) groups excluding carboxylic acids is 1. The van der Waals surface area contributed by atoms with E-state index in [2.05, 4.69) is 0 Å². The fourth-order valence-electron chi connectivity index (χ4n) is 3.25. The third kappa shape index (κ3) is 2.72. The molecule has 0 spiro atoms. The highest BCUT2D eigenvalue weighted by Gasteiger charge is 2.36. The molecule has 20 heavy (non-hydrogen) atoms. The number of benzene rings is 1. The number of thioether (sulfide) groups is 1. The van der Waals surface area contributed by atoms with Crippen molar-refractivity contribution in [2.24, 2.45) is 0 Å². The lowest BCUT2D eigenvalue weighted by Gasteiger charge is -2.43. The highest BCUT2D eigenvalue weighted by Crippen LogP contribution is 2.29. The van der Waals surface area contributed by atoms with Crippen LogP contribution in [-0.2, 0) is 4.74 Å². The normalized spacial score (nSPS) is 26.1. The molecular formula is C16H21NO2S. The van der Waals surface area contributed by atoms with Crippen molar-refractivity contribution in [2.75, 3.05) is 19.4 Å². The molecule has 1 aromatic rings. The van der Waals surface area contributed by atoms with Gasteiger partial charge < -0.3 is 9.64 Å². The van der Waals surface area contributed by atoms with E-state index in [1.54, 1.807) is 11.8 Å². The highest BCUT2D eigenvalue weighted by atomic mass is 32.2. The van der Waals surface area contributed by atoms with Gasteiger partial charge in [0.1, 0.15) is 0 Å². The van der Waals surface area contributed by atoms with E-state index in [0.717, 1.165) is 24.9 Å². The zero-order chi connectivity index (χ0) is 13.9. The Balaban J connectivity index is 1.77. The average Bonchev–Trinajstić information content (AvgIpc) is 2.54. The van der Waals surface area contributed by atoms with Gasteiger partial charge in [0.25, 0.3) is 5.91 Å². The van der Waals surface area contributed by atoms with Crippen molar-refractivity contribution in [3.63, 3.8) is 0 Å². The Bertz CT molecular complexity index is 472. The van der Waals surface area contributed by atoms with E-state index in [4.69, 9.17) is 4.74 Å². The molecule has 2 atom stereocenters. The summed E-state index contributed by atoms with van der Waals surface area (Å²) in [6.45, 7) is 1.40. The number of hydrogen-bond donors (Lipinski definition) is 0. The number of morpholine rings is 1. The molecule has 1 aromatic carbocycles. The van der Waals surface area contributed by atoms with Gasteiger partial charge in [-0.15, -0.1) is 11.8 Å². The van der Waals surface area contributed by atoms with E-state index < -0.39 is 0 Å². The maximum absolute atomic E-state index is 12.7. The van der Waals surface area contributed by atoms with Gasteiger partial charge in [0.05, 0.1) is 18.8 Å². The van der Waals surface area contributed by atoms with Crippen molar-refractivity contribution in [1.29, 1.82) is 0 Å². The lowest BCUT2D eigenvalue weighted by atomic mass is 9.89. The first-order valence-corrected chi connectivity index (χ1v) is 8.58. The van der Waals surface area contributed by atoms with E-state index in [0.29, 0.717) is 6.61 Å². The molecule has 1 heterocycles. The van der Waals surface area contributed by atoms with Crippen molar-refractivity contribution in [3.05, 3.63) is 29.8 Å². The van der Waals surface area contributed by atoms with Gasteiger partial charge in [0, 0.05) is 17.0 Å². The average molecular weight is 291 g/mol. The fraction of sp³-hybridized carbons (Fsp3) is 0.562. The molecule has 108 valence electrons. The van der Waals surface area contributed by atoms with Gasteiger partial charge in [-0.25, -0.2) is 0 Å². The maximum atomic E-state index is 12.7. The molecule has 0 radical (unpaired) electrons. The zero-order valence-electron chi connectivity index (χ0n) is 11.9. The topological polar surface area (TPSA) is 29.5 Å². The summed E-state index contributed by atoms with van der Waals surface area (Å²) in [7, 11) is 0. The Morgan fingerprint density at radius 2 is 2.00 bits per heavy atom. The molecule has 1 aliphatic heterocycles. The first-order valence-electron chi connectivity index (χ1n) is 7.36. The number of amides is 1. The summed E-state index contributed by atoms with van der Waals surface area (Å²) in [4.78, 5) is 16.0. The molecule has 2 aliphatic rings. The maximum Gasteiger partial charge on any atom is 0.254 e. The van der Waals surface area contributed by atoms with Crippen molar-refractivity contribution >= 4 is 17.7 Å². The van der Waals surface area contributed by atoms with Crippen LogP contribution in [-0.4, -0.2) is 42.4 Å². The molecule has 1 amide bonds. The van der Waals surface area contributed by atoms with E-state index >= 15 is 0 Å². The Morgan fingerprint density at radius 1 is 1.25 bits per heavy atom. The van der Waals surface area contributed by atoms with Crippen LogP contribution < -0.4 is 0 Å². The summed E-state index contributed by atoms with van der Waals surface area (Å²) in [5, 5.41) is 0. The summed E-state index contributed by atoms with van der Waals surface area (Å²) in [5.74, 6) is 0.165. The minimum absolute atomic E-state index is 0.165. The second-order valence-electron chi connectivity index (χ2n) is 5.49. The lowest BCUT2D eigenvalue weighted by Crippen LogP contribution is -2.54. The Labute approximate surface area is 124 Å². The monoisotopic (exact) mass is 291 g/mol. The fourth-order valence-corrected chi connectivity index (χ4v) is 3.66. The molecule has 4 heteroatoms. The van der Waals surface area contributed by atoms with Gasteiger partial charge in [-0.05, 0) is 43.4 Å². The molecule has 3 nitrogen and oxygen atoms in total. The number of carbonyl (C=O) groups is 1. The van der Waals surface area contributed by atoms with Crippen LogP contribution in [0.15, 0.2) is 29.2 Å². The molecule has 0 N–H and O–H groups in total. The van der Waals surface area contributed by atoms with E-state index in [-0.39, 0.29) is 18.1 Å².